The van der Waals surface area contributed by atoms with E-state index >= 15 is 0 Å². The molecule has 0 bridgehead atoms. The number of halogens is 1. The molecule has 3 nitrogen and oxygen atoms in total. The molecule has 0 saturated carbocycles. The molecule has 18 heavy (non-hydrogen) atoms. The number of nitrogens with zero attached hydrogens (tertiary/aromatic N) is 3. The molecule has 1 aromatic carbocycles. The van der Waals surface area contributed by atoms with Gasteiger partial charge in [0, 0.05) is 22.4 Å². The molecular weight excluding hydrogens is 290 g/mol. The van der Waals surface area contributed by atoms with Gasteiger partial charge in [0.05, 0.1) is 17.3 Å². The van der Waals surface area contributed by atoms with Gasteiger partial charge in [-0.05, 0) is 40.2 Å². The van der Waals surface area contributed by atoms with Crippen LogP contribution in [0, 0.1) is 11.3 Å². The third-order valence-corrected chi connectivity index (χ3v) is 3.17. The van der Waals surface area contributed by atoms with Crippen molar-refractivity contribution in [2.24, 2.45) is 0 Å². The second kappa shape index (κ2) is 4.28. The van der Waals surface area contributed by atoms with Crippen LogP contribution in [0.5, 0.6) is 0 Å². The van der Waals surface area contributed by atoms with E-state index in [2.05, 4.69) is 27.0 Å². The Kier molecular flexibility index (Phi) is 2.62. The lowest BCUT2D eigenvalue weighted by atomic mass is 10.1. The number of hydrogen-bond donors (Lipinski definition) is 0. The average Bonchev–Trinajstić information content (AvgIpc) is 2.81. The molecule has 0 N–H and O–H groups in total. The molecule has 0 spiro atoms. The van der Waals surface area contributed by atoms with Gasteiger partial charge in [0.2, 0.25) is 0 Å². The maximum atomic E-state index is 8.90. The van der Waals surface area contributed by atoms with Crippen LogP contribution in [0.2, 0.25) is 0 Å². The summed E-state index contributed by atoms with van der Waals surface area (Å²) in [5.41, 5.74) is 3.35. The van der Waals surface area contributed by atoms with Crippen molar-refractivity contribution in [1.29, 1.82) is 5.26 Å². The van der Waals surface area contributed by atoms with Crippen LogP contribution in [0.4, 0.5) is 0 Å². The molecule has 0 aliphatic carbocycles. The van der Waals surface area contributed by atoms with Crippen LogP contribution in [0.25, 0.3) is 16.9 Å². The molecule has 4 heteroatoms. The average molecular weight is 298 g/mol. The minimum absolute atomic E-state index is 0.644. The molecule has 86 valence electrons. The molecule has 2 heterocycles. The van der Waals surface area contributed by atoms with E-state index in [0.717, 1.165) is 21.4 Å². The maximum Gasteiger partial charge on any atom is 0.137 e. The Hall–Kier alpha value is -2.12. The van der Waals surface area contributed by atoms with E-state index in [4.69, 9.17) is 5.26 Å². The number of fused-ring (bicyclic) bond motifs is 1. The van der Waals surface area contributed by atoms with Crippen LogP contribution >= 0.6 is 15.9 Å². The van der Waals surface area contributed by atoms with Gasteiger partial charge in [-0.2, -0.15) is 5.26 Å². The van der Waals surface area contributed by atoms with E-state index < -0.39 is 0 Å². The second-order valence-electron chi connectivity index (χ2n) is 3.93. The lowest BCUT2D eigenvalue weighted by Gasteiger charge is -1.95. The summed E-state index contributed by atoms with van der Waals surface area (Å²) in [5, 5.41) is 8.90. The number of hydrogen-bond acceptors (Lipinski definition) is 2. The van der Waals surface area contributed by atoms with Gasteiger partial charge in [0.25, 0.3) is 0 Å². The molecule has 0 atom stereocenters. The summed E-state index contributed by atoms with van der Waals surface area (Å²) < 4.78 is 2.96. The monoisotopic (exact) mass is 297 g/mol. The van der Waals surface area contributed by atoms with Gasteiger partial charge in [-0.25, -0.2) is 4.98 Å². The van der Waals surface area contributed by atoms with E-state index in [1.165, 1.54) is 0 Å². The van der Waals surface area contributed by atoms with Gasteiger partial charge >= 0.3 is 0 Å². The quantitative estimate of drug-likeness (QED) is 0.688. The molecule has 0 amide bonds. The van der Waals surface area contributed by atoms with Crippen LogP contribution < -0.4 is 0 Å². The maximum absolute atomic E-state index is 8.90. The number of nitriles is 1. The van der Waals surface area contributed by atoms with Crippen LogP contribution in [0.15, 0.2) is 53.3 Å². The van der Waals surface area contributed by atoms with E-state index in [1.54, 1.807) is 6.07 Å². The second-order valence-corrected chi connectivity index (χ2v) is 4.85. The smallest absolute Gasteiger partial charge is 0.137 e. The predicted molar refractivity (Wildman–Crippen MR) is 73.0 cm³/mol. The van der Waals surface area contributed by atoms with Gasteiger partial charge in [0.15, 0.2) is 0 Å². The molecule has 2 aromatic heterocycles. The topological polar surface area (TPSA) is 41.1 Å². The van der Waals surface area contributed by atoms with Gasteiger partial charge < -0.3 is 4.40 Å². The fraction of sp³-hybridized carbons (Fsp3) is 0. The van der Waals surface area contributed by atoms with Crippen LogP contribution in [-0.4, -0.2) is 9.38 Å². The van der Waals surface area contributed by atoms with E-state index in [-0.39, 0.29) is 0 Å². The Morgan fingerprint density at radius 2 is 2.06 bits per heavy atom. The first kappa shape index (κ1) is 11.0. The number of imidazole rings is 1. The van der Waals surface area contributed by atoms with Crippen molar-refractivity contribution in [3.8, 4) is 17.3 Å². The Balaban J connectivity index is 2.16. The van der Waals surface area contributed by atoms with Crippen molar-refractivity contribution < 1.29 is 0 Å². The molecule has 3 aromatic rings. The van der Waals surface area contributed by atoms with Gasteiger partial charge in [0.1, 0.15) is 5.65 Å². The molecule has 0 aliphatic rings. The van der Waals surface area contributed by atoms with Crippen molar-refractivity contribution in [3.63, 3.8) is 0 Å². The minimum Gasteiger partial charge on any atom is -0.305 e. The van der Waals surface area contributed by atoms with Crippen molar-refractivity contribution in [3.05, 3.63) is 58.8 Å². The highest BCUT2D eigenvalue weighted by atomic mass is 79.9. The van der Waals surface area contributed by atoms with Gasteiger partial charge in [-0.15, -0.1) is 0 Å². The summed E-state index contributed by atoms with van der Waals surface area (Å²) in [7, 11) is 0. The first-order valence-corrected chi connectivity index (χ1v) is 6.20. The summed E-state index contributed by atoms with van der Waals surface area (Å²) in [5.74, 6) is 0. The fourth-order valence-electron chi connectivity index (χ4n) is 1.85. The highest BCUT2D eigenvalue weighted by Gasteiger charge is 2.05. The zero-order valence-corrected chi connectivity index (χ0v) is 10.9. The molecular formula is C14H8BrN3. The molecule has 0 saturated heterocycles. The minimum atomic E-state index is 0.644. The third-order valence-electron chi connectivity index (χ3n) is 2.70. The van der Waals surface area contributed by atoms with Crippen molar-refractivity contribution in [2.75, 3.05) is 0 Å². The highest BCUT2D eigenvalue weighted by Crippen LogP contribution is 2.21. The molecule has 0 aliphatic heterocycles. The van der Waals surface area contributed by atoms with Crippen molar-refractivity contribution >= 4 is 21.6 Å². The summed E-state index contributed by atoms with van der Waals surface area (Å²) in [4.78, 5) is 4.53. The SMILES string of the molecule is N#Cc1cccc(-c2cn3cc(Br)ccc3n2)c1. The summed E-state index contributed by atoms with van der Waals surface area (Å²) in [6.07, 6.45) is 3.91. The zero-order valence-electron chi connectivity index (χ0n) is 9.34. The van der Waals surface area contributed by atoms with Crippen LogP contribution in [-0.2, 0) is 0 Å². The molecule has 3 rings (SSSR count). The van der Waals surface area contributed by atoms with Gasteiger partial charge in [-0.3, -0.25) is 0 Å². The highest BCUT2D eigenvalue weighted by molar-refractivity contribution is 9.10. The van der Waals surface area contributed by atoms with Crippen LogP contribution in [0.3, 0.4) is 0 Å². The van der Waals surface area contributed by atoms with E-state index in [9.17, 15) is 0 Å². The largest absolute Gasteiger partial charge is 0.305 e. The molecule has 0 unspecified atom stereocenters. The zero-order chi connectivity index (χ0) is 12.5. The Morgan fingerprint density at radius 1 is 1.17 bits per heavy atom. The third kappa shape index (κ3) is 1.89. The number of rotatable bonds is 1. The first-order chi connectivity index (χ1) is 8.76. The standard InChI is InChI=1S/C14H8BrN3/c15-12-4-5-14-17-13(9-18(14)8-12)11-3-1-2-10(6-11)7-16/h1-6,8-9H. The number of pyridine rings is 1. The predicted octanol–water partition coefficient (Wildman–Crippen LogP) is 3.64. The van der Waals surface area contributed by atoms with Crippen molar-refractivity contribution in [1.82, 2.24) is 9.38 Å². The molecule has 0 fully saturated rings. The fourth-order valence-corrected chi connectivity index (χ4v) is 2.20. The lowest BCUT2D eigenvalue weighted by Crippen LogP contribution is -1.80. The summed E-state index contributed by atoms with van der Waals surface area (Å²) in [6.45, 7) is 0. The molecule has 0 radical (unpaired) electrons. The summed E-state index contributed by atoms with van der Waals surface area (Å²) in [6, 6.07) is 13.5. The first-order valence-electron chi connectivity index (χ1n) is 5.41. The van der Waals surface area contributed by atoms with Crippen LogP contribution in [0.1, 0.15) is 5.56 Å². The Bertz CT molecular complexity index is 768. The van der Waals surface area contributed by atoms with Crippen molar-refractivity contribution in [2.45, 2.75) is 0 Å². The van der Waals surface area contributed by atoms with E-state index in [1.807, 2.05) is 47.1 Å². The number of aromatic nitrogens is 2. The number of benzene rings is 1. The van der Waals surface area contributed by atoms with E-state index in [0.29, 0.717) is 5.56 Å². The summed E-state index contributed by atoms with van der Waals surface area (Å²) >= 11 is 3.43. The lowest BCUT2D eigenvalue weighted by molar-refractivity contribution is 1.17. The normalized spacial score (nSPS) is 10.4. The van der Waals surface area contributed by atoms with Gasteiger partial charge in [-0.1, -0.05) is 12.1 Å². The Labute approximate surface area is 112 Å². The Morgan fingerprint density at radius 3 is 2.89 bits per heavy atom.